The second kappa shape index (κ2) is 9.53. The summed E-state index contributed by atoms with van der Waals surface area (Å²) < 4.78 is 28.5. The average molecular weight is 417 g/mol. The van der Waals surface area contributed by atoms with Crippen LogP contribution < -0.4 is 15.4 Å². The van der Waals surface area contributed by atoms with Crippen molar-refractivity contribution in [3.05, 3.63) is 63.6 Å². The minimum absolute atomic E-state index is 0.0270. The molecule has 9 heteroatoms. The van der Waals surface area contributed by atoms with E-state index >= 15 is 0 Å². The van der Waals surface area contributed by atoms with Crippen LogP contribution in [0.5, 0.6) is 5.75 Å². The third kappa shape index (κ3) is 6.08. The molecule has 1 atom stereocenters. The molecular formula is C18H16Cl2F2N2O3. The molecule has 1 unspecified atom stereocenters. The molecule has 2 N–H and O–H groups in total. The molecule has 27 heavy (non-hydrogen) atoms. The van der Waals surface area contributed by atoms with Gasteiger partial charge < -0.3 is 15.4 Å². The molecule has 2 rings (SSSR count). The maximum absolute atomic E-state index is 12.2. The Morgan fingerprint density at radius 3 is 2.41 bits per heavy atom. The SMILES string of the molecule is CC(NC(=O)c1cccc(Cl)c1Cl)C(=O)NCc1ccc(OC(F)F)cc1. The number of carbonyl (C=O) groups excluding carboxylic acids is 2. The highest BCUT2D eigenvalue weighted by atomic mass is 35.5. The van der Waals surface area contributed by atoms with Gasteiger partial charge in [-0.15, -0.1) is 0 Å². The number of carbonyl (C=O) groups is 2. The Hall–Kier alpha value is -2.38. The summed E-state index contributed by atoms with van der Waals surface area (Å²) in [6, 6.07) is 9.65. The highest BCUT2D eigenvalue weighted by Gasteiger charge is 2.19. The van der Waals surface area contributed by atoms with Crippen molar-refractivity contribution in [2.45, 2.75) is 26.1 Å². The van der Waals surface area contributed by atoms with Gasteiger partial charge in [-0.25, -0.2) is 0 Å². The zero-order valence-electron chi connectivity index (χ0n) is 14.1. The number of hydrogen-bond acceptors (Lipinski definition) is 3. The monoisotopic (exact) mass is 416 g/mol. The van der Waals surface area contributed by atoms with Crippen molar-refractivity contribution >= 4 is 35.0 Å². The van der Waals surface area contributed by atoms with Crippen molar-refractivity contribution in [2.24, 2.45) is 0 Å². The minimum atomic E-state index is -2.90. The van der Waals surface area contributed by atoms with E-state index in [4.69, 9.17) is 23.2 Å². The third-order valence-corrected chi connectivity index (χ3v) is 4.37. The molecule has 0 saturated heterocycles. The first-order valence-corrected chi connectivity index (χ1v) is 8.60. The summed E-state index contributed by atoms with van der Waals surface area (Å²) >= 11 is 11.9. The first-order chi connectivity index (χ1) is 12.8. The molecule has 0 radical (unpaired) electrons. The van der Waals surface area contributed by atoms with Gasteiger partial charge in [-0.2, -0.15) is 8.78 Å². The van der Waals surface area contributed by atoms with Crippen molar-refractivity contribution in [1.29, 1.82) is 0 Å². The first-order valence-electron chi connectivity index (χ1n) is 7.84. The van der Waals surface area contributed by atoms with Gasteiger partial charge in [0.25, 0.3) is 5.91 Å². The smallest absolute Gasteiger partial charge is 0.387 e. The molecule has 0 spiro atoms. The van der Waals surface area contributed by atoms with Crippen LogP contribution in [0.25, 0.3) is 0 Å². The standard InChI is InChI=1S/C18H16Cl2F2N2O3/c1-10(24-17(26)13-3-2-4-14(19)15(13)20)16(25)23-9-11-5-7-12(8-6-11)27-18(21)22/h2-8,10,18H,9H2,1H3,(H,23,25)(H,24,26). The predicted molar refractivity (Wildman–Crippen MR) is 98.3 cm³/mol. The van der Waals surface area contributed by atoms with Crippen LogP contribution in [-0.4, -0.2) is 24.5 Å². The van der Waals surface area contributed by atoms with Crippen LogP contribution in [0.3, 0.4) is 0 Å². The van der Waals surface area contributed by atoms with Crippen LogP contribution in [0.2, 0.25) is 10.0 Å². The van der Waals surface area contributed by atoms with Crippen LogP contribution >= 0.6 is 23.2 Å². The normalized spacial score (nSPS) is 11.8. The van der Waals surface area contributed by atoms with Gasteiger partial charge in [-0.3, -0.25) is 9.59 Å². The average Bonchev–Trinajstić information content (AvgIpc) is 2.62. The zero-order chi connectivity index (χ0) is 20.0. The van der Waals surface area contributed by atoms with Gasteiger partial charge in [0.15, 0.2) is 0 Å². The molecule has 5 nitrogen and oxygen atoms in total. The molecule has 2 amide bonds. The van der Waals surface area contributed by atoms with E-state index in [9.17, 15) is 18.4 Å². The van der Waals surface area contributed by atoms with Crippen LogP contribution in [-0.2, 0) is 11.3 Å². The van der Waals surface area contributed by atoms with Crippen molar-refractivity contribution in [3.8, 4) is 5.75 Å². The molecule has 0 aliphatic heterocycles. The zero-order valence-corrected chi connectivity index (χ0v) is 15.7. The highest BCUT2D eigenvalue weighted by molar-refractivity contribution is 6.43. The predicted octanol–water partition coefficient (Wildman–Crippen LogP) is 4.03. The Bertz CT molecular complexity index is 817. The Morgan fingerprint density at radius 2 is 1.78 bits per heavy atom. The van der Waals surface area contributed by atoms with Crippen LogP contribution in [0, 0.1) is 0 Å². The molecule has 0 aliphatic rings. The van der Waals surface area contributed by atoms with Gasteiger partial charge in [0, 0.05) is 6.54 Å². The van der Waals surface area contributed by atoms with Crippen LogP contribution in [0.4, 0.5) is 8.78 Å². The quantitative estimate of drug-likeness (QED) is 0.715. The summed E-state index contributed by atoms with van der Waals surface area (Å²) in [6.07, 6.45) is 0. The minimum Gasteiger partial charge on any atom is -0.435 e. The van der Waals surface area contributed by atoms with E-state index in [0.717, 1.165) is 0 Å². The number of ether oxygens (including phenoxy) is 1. The van der Waals surface area contributed by atoms with Crippen molar-refractivity contribution in [2.75, 3.05) is 0 Å². The second-order valence-corrected chi connectivity index (χ2v) is 6.32. The fourth-order valence-electron chi connectivity index (χ4n) is 2.15. The number of benzene rings is 2. The number of hydrogen-bond donors (Lipinski definition) is 2. The molecule has 0 bridgehead atoms. The van der Waals surface area contributed by atoms with E-state index in [2.05, 4.69) is 15.4 Å². The summed E-state index contributed by atoms with van der Waals surface area (Å²) in [5, 5.41) is 5.52. The van der Waals surface area contributed by atoms with Crippen LogP contribution in [0.1, 0.15) is 22.8 Å². The number of amides is 2. The summed E-state index contributed by atoms with van der Waals surface area (Å²) in [4.78, 5) is 24.4. The number of nitrogens with one attached hydrogen (secondary N) is 2. The van der Waals surface area contributed by atoms with Crippen molar-refractivity contribution < 1.29 is 23.1 Å². The number of rotatable bonds is 7. The van der Waals surface area contributed by atoms with Gasteiger partial charge >= 0.3 is 6.61 Å². The molecule has 2 aromatic carbocycles. The lowest BCUT2D eigenvalue weighted by Gasteiger charge is -2.15. The van der Waals surface area contributed by atoms with E-state index in [0.29, 0.717) is 5.56 Å². The summed E-state index contributed by atoms with van der Waals surface area (Å²) in [5.74, 6) is -0.924. The van der Waals surface area contributed by atoms with Crippen LogP contribution in [0.15, 0.2) is 42.5 Å². The molecule has 2 aromatic rings. The van der Waals surface area contributed by atoms with E-state index < -0.39 is 24.5 Å². The lowest BCUT2D eigenvalue weighted by molar-refractivity contribution is -0.122. The van der Waals surface area contributed by atoms with Gasteiger partial charge in [0.1, 0.15) is 11.8 Å². The molecule has 0 saturated carbocycles. The largest absolute Gasteiger partial charge is 0.435 e. The lowest BCUT2D eigenvalue weighted by Crippen LogP contribution is -2.44. The number of halogens is 4. The molecule has 0 heterocycles. The van der Waals surface area contributed by atoms with Crippen molar-refractivity contribution in [1.82, 2.24) is 10.6 Å². The first kappa shape index (κ1) is 20.9. The van der Waals surface area contributed by atoms with Gasteiger partial charge in [-0.1, -0.05) is 41.4 Å². The fourth-order valence-corrected chi connectivity index (χ4v) is 2.54. The fraction of sp³-hybridized carbons (Fsp3) is 0.222. The van der Waals surface area contributed by atoms with Gasteiger partial charge in [-0.05, 0) is 36.8 Å². The molecule has 0 aromatic heterocycles. The van der Waals surface area contributed by atoms with E-state index in [1.807, 2.05) is 0 Å². The molecule has 0 fully saturated rings. The Kier molecular flexibility index (Phi) is 7.38. The molecule has 0 aliphatic carbocycles. The maximum atomic E-state index is 12.2. The second-order valence-electron chi connectivity index (χ2n) is 5.54. The number of alkyl halides is 2. The topological polar surface area (TPSA) is 67.4 Å². The van der Waals surface area contributed by atoms with Gasteiger partial charge in [0.2, 0.25) is 5.91 Å². The molecular weight excluding hydrogens is 401 g/mol. The Morgan fingerprint density at radius 1 is 1.11 bits per heavy atom. The van der Waals surface area contributed by atoms with E-state index in [-0.39, 0.29) is 27.9 Å². The lowest BCUT2D eigenvalue weighted by atomic mass is 10.2. The summed E-state index contributed by atoms with van der Waals surface area (Å²) in [6.45, 7) is -1.22. The highest BCUT2D eigenvalue weighted by Crippen LogP contribution is 2.25. The summed E-state index contributed by atoms with van der Waals surface area (Å²) in [5.41, 5.74) is 0.847. The summed E-state index contributed by atoms with van der Waals surface area (Å²) in [7, 11) is 0. The maximum Gasteiger partial charge on any atom is 0.387 e. The van der Waals surface area contributed by atoms with E-state index in [1.54, 1.807) is 24.3 Å². The van der Waals surface area contributed by atoms with Crippen molar-refractivity contribution in [3.63, 3.8) is 0 Å². The van der Waals surface area contributed by atoms with Gasteiger partial charge in [0.05, 0.1) is 15.6 Å². The van der Waals surface area contributed by atoms with E-state index in [1.165, 1.54) is 25.1 Å². The Labute approximate surface area is 164 Å². The third-order valence-electron chi connectivity index (χ3n) is 3.55. The Balaban J connectivity index is 1.88. The molecule has 144 valence electrons.